The fourth-order valence-electron chi connectivity index (χ4n) is 5.72. The Bertz CT molecular complexity index is 1180. The number of ether oxygens (including phenoxy) is 2. The lowest BCUT2D eigenvalue weighted by molar-refractivity contribution is -0.156. The Morgan fingerprint density at radius 1 is 1.18 bits per heavy atom. The number of fused-ring (bicyclic) bond motifs is 2. The Balaban J connectivity index is 1.63. The number of hydrogen-bond acceptors (Lipinski definition) is 7. The van der Waals surface area contributed by atoms with E-state index in [0.717, 1.165) is 35.7 Å². The molecule has 2 aliphatic heterocycles. The molecule has 2 saturated heterocycles. The van der Waals surface area contributed by atoms with E-state index < -0.39 is 35.6 Å². The maximum Gasteiger partial charge on any atom is 0.309 e. The average Bonchev–Trinajstić information content (AvgIpc) is 3.53. The van der Waals surface area contributed by atoms with Crippen LogP contribution >= 0.6 is 0 Å². The van der Waals surface area contributed by atoms with Crippen LogP contribution in [0, 0.1) is 17.3 Å². The molecule has 7 nitrogen and oxygen atoms in total. The van der Waals surface area contributed by atoms with E-state index in [9.17, 15) is 19.8 Å². The number of Topliss-reactive ketones (excluding diaryl/α,β-unsaturated/α-hetero) is 1. The maximum atomic E-state index is 13.6. The Kier molecular flexibility index (Phi) is 8.40. The molecule has 0 saturated carbocycles. The molecule has 0 spiro atoms. The molecule has 0 aliphatic carbocycles. The Hall–Kier alpha value is -2.61. The second kappa shape index (κ2) is 11.2. The van der Waals surface area contributed by atoms with E-state index in [4.69, 9.17) is 9.47 Å². The predicted molar refractivity (Wildman–Crippen MR) is 145 cm³/mol. The summed E-state index contributed by atoms with van der Waals surface area (Å²) >= 11 is 0. The number of carbonyl (C=O) groups is 2. The van der Waals surface area contributed by atoms with Crippen molar-refractivity contribution in [3.8, 4) is 0 Å². The van der Waals surface area contributed by atoms with Crippen molar-refractivity contribution >= 4 is 22.7 Å². The van der Waals surface area contributed by atoms with Crippen LogP contribution in [0.1, 0.15) is 77.9 Å². The fraction of sp³-hybridized carbons (Fsp3) is 0.581. The molecule has 0 amide bonds. The van der Waals surface area contributed by atoms with Crippen LogP contribution in [0.2, 0.25) is 0 Å². The minimum atomic E-state index is -1.27. The molecule has 2 N–H and O–H groups in total. The van der Waals surface area contributed by atoms with Crippen LogP contribution < -0.4 is 0 Å². The van der Waals surface area contributed by atoms with Crippen molar-refractivity contribution in [3.63, 3.8) is 0 Å². The number of epoxide rings is 1. The third kappa shape index (κ3) is 6.00. The monoisotopic (exact) mass is 523 g/mol. The molecule has 7 atom stereocenters. The van der Waals surface area contributed by atoms with Gasteiger partial charge in [0.1, 0.15) is 11.9 Å². The summed E-state index contributed by atoms with van der Waals surface area (Å²) in [7, 11) is 0. The van der Waals surface area contributed by atoms with E-state index in [1.165, 1.54) is 0 Å². The molecule has 0 radical (unpaired) electrons. The average molecular weight is 524 g/mol. The first-order valence-corrected chi connectivity index (χ1v) is 13.7. The number of esters is 1. The number of nitrogens with zero attached hydrogens (tertiary/aromatic N) is 1. The highest BCUT2D eigenvalue weighted by molar-refractivity contribution is 5.88. The number of pyridine rings is 1. The molecule has 2 aromatic rings. The van der Waals surface area contributed by atoms with E-state index in [1.54, 1.807) is 26.1 Å². The standard InChI is InChI=1S/C31H41NO6/c1-6-9-22-28(35)19(2)10-7-14-31(5)26(38-31)17-24(21-13-12-20-11-8-15-32-23(20)16-21)37-27(34)18-25(33)30(3,4)29(22)36/h6,8,11-13,15-16,19,22,24-26,28,33,35H,1,7,9-10,14,17-18H2,2-5H3/t19-,22-,24-,25+,26+,28+,31+/m0/s1. The number of aromatic nitrogens is 1. The van der Waals surface area contributed by atoms with E-state index >= 15 is 0 Å². The second-order valence-electron chi connectivity index (χ2n) is 11.9. The zero-order chi connectivity index (χ0) is 27.7. The first-order chi connectivity index (χ1) is 18.0. The Morgan fingerprint density at radius 2 is 1.95 bits per heavy atom. The lowest BCUT2D eigenvalue weighted by Gasteiger charge is -2.35. The highest BCUT2D eigenvalue weighted by atomic mass is 16.6. The van der Waals surface area contributed by atoms with Crippen LogP contribution in [0.25, 0.3) is 10.9 Å². The first kappa shape index (κ1) is 28.4. The second-order valence-corrected chi connectivity index (χ2v) is 11.9. The van der Waals surface area contributed by atoms with Crippen LogP contribution in [0.5, 0.6) is 0 Å². The summed E-state index contributed by atoms with van der Waals surface area (Å²) < 4.78 is 12.1. The van der Waals surface area contributed by atoms with Gasteiger partial charge in [0, 0.05) is 23.9 Å². The third-order valence-corrected chi connectivity index (χ3v) is 8.65. The van der Waals surface area contributed by atoms with Crippen molar-refractivity contribution in [2.24, 2.45) is 17.3 Å². The molecule has 7 heteroatoms. The number of cyclic esters (lactones) is 1. The van der Waals surface area contributed by atoms with E-state index in [1.807, 2.05) is 37.3 Å². The Labute approximate surface area is 225 Å². The van der Waals surface area contributed by atoms with Gasteiger partial charge in [-0.25, -0.2) is 0 Å². The van der Waals surface area contributed by atoms with Gasteiger partial charge in [0.2, 0.25) is 0 Å². The minimum absolute atomic E-state index is 0.0793. The summed E-state index contributed by atoms with van der Waals surface area (Å²) in [4.78, 5) is 31.2. The molecular weight excluding hydrogens is 482 g/mol. The van der Waals surface area contributed by atoms with Gasteiger partial charge in [-0.2, -0.15) is 0 Å². The molecule has 206 valence electrons. The normalized spacial score (nSPS) is 34.8. The lowest BCUT2D eigenvalue weighted by Crippen LogP contribution is -2.46. The van der Waals surface area contributed by atoms with Crippen LogP contribution in [-0.4, -0.2) is 50.9 Å². The third-order valence-electron chi connectivity index (χ3n) is 8.65. The summed E-state index contributed by atoms with van der Waals surface area (Å²) in [5.41, 5.74) is 0.0287. The molecular formula is C31H41NO6. The number of aliphatic hydroxyl groups is 2. The van der Waals surface area contributed by atoms with E-state index in [2.05, 4.69) is 18.5 Å². The number of carbonyl (C=O) groups excluding carboxylic acids is 2. The van der Waals surface area contributed by atoms with Crippen molar-refractivity contribution in [1.29, 1.82) is 0 Å². The summed E-state index contributed by atoms with van der Waals surface area (Å²) in [6.07, 6.45) is 3.37. The van der Waals surface area contributed by atoms with Gasteiger partial charge in [-0.1, -0.05) is 51.5 Å². The van der Waals surface area contributed by atoms with Gasteiger partial charge in [-0.15, -0.1) is 6.58 Å². The lowest BCUT2D eigenvalue weighted by atomic mass is 9.71. The van der Waals surface area contributed by atoms with Gasteiger partial charge in [-0.3, -0.25) is 14.6 Å². The van der Waals surface area contributed by atoms with Gasteiger partial charge in [-0.05, 0) is 49.8 Å². The molecule has 1 aromatic carbocycles. The molecule has 0 unspecified atom stereocenters. The summed E-state index contributed by atoms with van der Waals surface area (Å²) in [5.74, 6) is -1.70. The smallest absolute Gasteiger partial charge is 0.309 e. The quantitative estimate of drug-likeness (QED) is 0.328. The largest absolute Gasteiger partial charge is 0.457 e. The molecule has 2 fully saturated rings. The maximum absolute atomic E-state index is 13.6. The summed E-state index contributed by atoms with van der Waals surface area (Å²) in [5, 5.41) is 23.2. The van der Waals surface area contributed by atoms with Crippen molar-refractivity contribution in [1.82, 2.24) is 4.98 Å². The highest BCUT2D eigenvalue weighted by Gasteiger charge is 2.53. The Morgan fingerprint density at radius 3 is 2.68 bits per heavy atom. The van der Waals surface area contributed by atoms with Crippen LogP contribution in [0.4, 0.5) is 0 Å². The zero-order valence-electron chi connectivity index (χ0n) is 22.9. The number of benzene rings is 1. The van der Waals surface area contributed by atoms with Gasteiger partial charge < -0.3 is 19.7 Å². The first-order valence-electron chi connectivity index (χ1n) is 13.7. The molecule has 38 heavy (non-hydrogen) atoms. The number of allylic oxidation sites excluding steroid dienone is 1. The SMILES string of the molecule is C=CC[C@@H]1C(=O)C(C)(C)[C@H](O)CC(=O)O[C@H](c2ccc3cccnc3c2)C[C@H]2O[C@]2(C)CCC[C@H](C)[C@H]1O. The number of aliphatic hydroxyl groups excluding tert-OH is 2. The van der Waals surface area contributed by atoms with Crippen LogP contribution in [0.15, 0.2) is 49.2 Å². The van der Waals surface area contributed by atoms with Gasteiger partial charge in [0.25, 0.3) is 0 Å². The molecule has 4 rings (SSSR count). The highest BCUT2D eigenvalue weighted by Crippen LogP contribution is 2.46. The van der Waals surface area contributed by atoms with Crippen molar-refractivity contribution in [3.05, 3.63) is 54.7 Å². The fourth-order valence-corrected chi connectivity index (χ4v) is 5.72. The van der Waals surface area contributed by atoms with Gasteiger partial charge in [0.15, 0.2) is 0 Å². The molecule has 2 aliphatic rings. The molecule has 3 heterocycles. The van der Waals surface area contributed by atoms with Crippen molar-refractivity contribution in [2.45, 2.75) is 96.2 Å². The van der Waals surface area contributed by atoms with Crippen molar-refractivity contribution in [2.75, 3.05) is 0 Å². The van der Waals surface area contributed by atoms with Gasteiger partial charge >= 0.3 is 5.97 Å². The topological polar surface area (TPSA) is 109 Å². The van der Waals surface area contributed by atoms with Crippen LogP contribution in [-0.2, 0) is 19.1 Å². The van der Waals surface area contributed by atoms with E-state index in [0.29, 0.717) is 12.8 Å². The van der Waals surface area contributed by atoms with Gasteiger partial charge in [0.05, 0.1) is 41.3 Å². The zero-order valence-corrected chi connectivity index (χ0v) is 22.9. The summed E-state index contributed by atoms with van der Waals surface area (Å²) in [6, 6.07) is 9.68. The molecule has 0 bridgehead atoms. The molecule has 1 aromatic heterocycles. The van der Waals surface area contributed by atoms with Crippen LogP contribution in [0.3, 0.4) is 0 Å². The van der Waals surface area contributed by atoms with E-state index in [-0.39, 0.29) is 29.8 Å². The summed E-state index contributed by atoms with van der Waals surface area (Å²) in [6.45, 7) is 11.0. The number of ketones is 1. The minimum Gasteiger partial charge on any atom is -0.457 e. The number of hydrogen-bond donors (Lipinski definition) is 2. The van der Waals surface area contributed by atoms with Crippen molar-refractivity contribution < 1.29 is 29.3 Å². The predicted octanol–water partition coefficient (Wildman–Crippen LogP) is 5.09. The number of rotatable bonds is 3.